The molecule has 0 radical (unpaired) electrons. The van der Waals surface area contributed by atoms with Gasteiger partial charge in [-0.3, -0.25) is 0 Å². The summed E-state index contributed by atoms with van der Waals surface area (Å²) in [4.78, 5) is 4.21. The Morgan fingerprint density at radius 3 is 2.50 bits per heavy atom. The SMILES string of the molecule is CCNC(Cc1ccc(OC)nc1)c1ccc(F)cc1. The minimum absolute atomic E-state index is 0.149. The van der Waals surface area contributed by atoms with Gasteiger partial charge in [-0.1, -0.05) is 25.1 Å². The molecular formula is C16H19FN2O. The fourth-order valence-corrected chi connectivity index (χ4v) is 2.14. The molecule has 2 aromatic rings. The third-order valence-corrected chi connectivity index (χ3v) is 3.17. The predicted molar refractivity (Wildman–Crippen MR) is 77.3 cm³/mol. The van der Waals surface area contributed by atoms with Gasteiger partial charge in [-0.2, -0.15) is 0 Å². The Bertz CT molecular complexity index is 525. The summed E-state index contributed by atoms with van der Waals surface area (Å²) >= 11 is 0. The maximum absolute atomic E-state index is 13.0. The predicted octanol–water partition coefficient (Wildman–Crippen LogP) is 3.12. The number of ether oxygens (including phenoxy) is 1. The van der Waals surface area contributed by atoms with E-state index < -0.39 is 0 Å². The van der Waals surface area contributed by atoms with Gasteiger partial charge < -0.3 is 10.1 Å². The fourth-order valence-electron chi connectivity index (χ4n) is 2.14. The first-order valence-corrected chi connectivity index (χ1v) is 6.70. The van der Waals surface area contributed by atoms with E-state index in [4.69, 9.17) is 4.74 Å². The topological polar surface area (TPSA) is 34.1 Å². The van der Waals surface area contributed by atoms with Crippen molar-refractivity contribution in [2.45, 2.75) is 19.4 Å². The number of benzene rings is 1. The molecule has 0 aliphatic heterocycles. The molecule has 106 valence electrons. The van der Waals surface area contributed by atoms with Gasteiger partial charge in [0, 0.05) is 18.3 Å². The van der Waals surface area contributed by atoms with Crippen molar-refractivity contribution in [1.29, 1.82) is 0 Å². The van der Waals surface area contributed by atoms with Crippen molar-refractivity contribution in [2.24, 2.45) is 0 Å². The van der Waals surface area contributed by atoms with Crippen molar-refractivity contribution < 1.29 is 9.13 Å². The number of rotatable bonds is 6. The van der Waals surface area contributed by atoms with Crippen LogP contribution in [-0.4, -0.2) is 18.6 Å². The van der Waals surface area contributed by atoms with E-state index in [1.807, 2.05) is 30.5 Å². The molecule has 0 saturated heterocycles. The van der Waals surface area contributed by atoms with E-state index in [-0.39, 0.29) is 11.9 Å². The highest BCUT2D eigenvalue weighted by atomic mass is 19.1. The molecule has 1 aromatic carbocycles. The Morgan fingerprint density at radius 2 is 1.95 bits per heavy atom. The van der Waals surface area contributed by atoms with E-state index in [1.54, 1.807) is 7.11 Å². The summed E-state index contributed by atoms with van der Waals surface area (Å²) in [5.41, 5.74) is 2.19. The molecule has 1 unspecified atom stereocenters. The van der Waals surface area contributed by atoms with Gasteiger partial charge in [0.1, 0.15) is 5.82 Å². The molecule has 0 saturated carbocycles. The molecule has 0 fully saturated rings. The van der Waals surface area contributed by atoms with Crippen LogP contribution in [0.1, 0.15) is 24.1 Å². The Balaban J connectivity index is 2.13. The number of likely N-dealkylation sites (N-methyl/N-ethyl adjacent to an activating group) is 1. The molecule has 0 aliphatic rings. The van der Waals surface area contributed by atoms with Gasteiger partial charge >= 0.3 is 0 Å². The van der Waals surface area contributed by atoms with E-state index in [2.05, 4.69) is 17.2 Å². The number of nitrogens with one attached hydrogen (secondary N) is 1. The van der Waals surface area contributed by atoms with Crippen LogP contribution in [0.25, 0.3) is 0 Å². The van der Waals surface area contributed by atoms with Crippen molar-refractivity contribution in [1.82, 2.24) is 10.3 Å². The molecular weight excluding hydrogens is 255 g/mol. The van der Waals surface area contributed by atoms with Crippen molar-refractivity contribution in [3.63, 3.8) is 0 Å². The smallest absolute Gasteiger partial charge is 0.212 e. The summed E-state index contributed by atoms with van der Waals surface area (Å²) in [6.45, 7) is 2.91. The number of halogens is 1. The van der Waals surface area contributed by atoms with Gasteiger partial charge in [0.15, 0.2) is 0 Å². The lowest BCUT2D eigenvalue weighted by Gasteiger charge is -2.18. The highest BCUT2D eigenvalue weighted by molar-refractivity contribution is 5.24. The Morgan fingerprint density at radius 1 is 1.20 bits per heavy atom. The highest BCUT2D eigenvalue weighted by Gasteiger charge is 2.11. The summed E-state index contributed by atoms with van der Waals surface area (Å²) in [6.07, 6.45) is 2.61. The molecule has 0 bridgehead atoms. The Kier molecular flexibility index (Phi) is 5.07. The number of aromatic nitrogens is 1. The number of pyridine rings is 1. The maximum Gasteiger partial charge on any atom is 0.212 e. The average Bonchev–Trinajstić information content (AvgIpc) is 2.48. The molecule has 1 atom stereocenters. The third-order valence-electron chi connectivity index (χ3n) is 3.17. The normalized spacial score (nSPS) is 12.2. The minimum atomic E-state index is -0.213. The van der Waals surface area contributed by atoms with Crippen molar-refractivity contribution in [3.8, 4) is 5.88 Å². The fraction of sp³-hybridized carbons (Fsp3) is 0.312. The van der Waals surface area contributed by atoms with Gasteiger partial charge in [-0.25, -0.2) is 9.37 Å². The first kappa shape index (κ1) is 14.5. The van der Waals surface area contributed by atoms with E-state index in [1.165, 1.54) is 12.1 Å². The van der Waals surface area contributed by atoms with Gasteiger partial charge in [0.25, 0.3) is 0 Å². The van der Waals surface area contributed by atoms with Gasteiger partial charge in [0.2, 0.25) is 5.88 Å². The third kappa shape index (κ3) is 3.78. The van der Waals surface area contributed by atoms with Gasteiger partial charge in [0.05, 0.1) is 7.11 Å². The minimum Gasteiger partial charge on any atom is -0.481 e. The zero-order chi connectivity index (χ0) is 14.4. The summed E-state index contributed by atoms with van der Waals surface area (Å²) < 4.78 is 18.1. The summed E-state index contributed by atoms with van der Waals surface area (Å²) in [6, 6.07) is 10.6. The molecule has 2 rings (SSSR count). The number of methoxy groups -OCH3 is 1. The molecule has 1 heterocycles. The number of hydrogen-bond acceptors (Lipinski definition) is 3. The number of nitrogens with zero attached hydrogens (tertiary/aromatic N) is 1. The lowest BCUT2D eigenvalue weighted by molar-refractivity contribution is 0.397. The lowest BCUT2D eigenvalue weighted by atomic mass is 10.00. The highest BCUT2D eigenvalue weighted by Crippen LogP contribution is 2.19. The first-order valence-electron chi connectivity index (χ1n) is 6.70. The maximum atomic E-state index is 13.0. The standard InChI is InChI=1S/C16H19FN2O/c1-3-18-15(13-5-7-14(17)8-6-13)10-12-4-9-16(20-2)19-11-12/h4-9,11,15,18H,3,10H2,1-2H3. The van der Waals surface area contributed by atoms with Crippen LogP contribution in [0.5, 0.6) is 5.88 Å². The second-order valence-corrected chi connectivity index (χ2v) is 4.57. The van der Waals surface area contributed by atoms with E-state index in [0.29, 0.717) is 5.88 Å². The van der Waals surface area contributed by atoms with E-state index >= 15 is 0 Å². The van der Waals surface area contributed by atoms with Crippen LogP contribution in [0, 0.1) is 5.82 Å². The van der Waals surface area contributed by atoms with Crippen molar-refractivity contribution >= 4 is 0 Å². The molecule has 3 nitrogen and oxygen atoms in total. The van der Waals surface area contributed by atoms with Crippen molar-refractivity contribution in [3.05, 3.63) is 59.5 Å². The Hall–Kier alpha value is -1.94. The molecule has 0 spiro atoms. The van der Waals surface area contributed by atoms with Crippen LogP contribution < -0.4 is 10.1 Å². The average molecular weight is 274 g/mol. The van der Waals surface area contributed by atoms with E-state index in [0.717, 1.165) is 24.1 Å². The van der Waals surface area contributed by atoms with Crippen LogP contribution in [0.2, 0.25) is 0 Å². The monoisotopic (exact) mass is 274 g/mol. The second kappa shape index (κ2) is 7.01. The van der Waals surface area contributed by atoms with E-state index in [9.17, 15) is 4.39 Å². The van der Waals surface area contributed by atoms with Crippen LogP contribution in [0.15, 0.2) is 42.6 Å². The summed E-state index contributed by atoms with van der Waals surface area (Å²) in [5, 5.41) is 3.41. The Labute approximate surface area is 118 Å². The number of hydrogen-bond donors (Lipinski definition) is 1. The van der Waals surface area contributed by atoms with Crippen LogP contribution in [0.4, 0.5) is 4.39 Å². The molecule has 1 aromatic heterocycles. The van der Waals surface area contributed by atoms with Crippen LogP contribution >= 0.6 is 0 Å². The van der Waals surface area contributed by atoms with Crippen LogP contribution in [-0.2, 0) is 6.42 Å². The second-order valence-electron chi connectivity index (χ2n) is 4.57. The molecule has 1 N–H and O–H groups in total. The van der Waals surface area contributed by atoms with Gasteiger partial charge in [-0.15, -0.1) is 0 Å². The quantitative estimate of drug-likeness (QED) is 0.878. The van der Waals surface area contributed by atoms with Crippen molar-refractivity contribution in [2.75, 3.05) is 13.7 Å². The first-order chi connectivity index (χ1) is 9.72. The van der Waals surface area contributed by atoms with Crippen LogP contribution in [0.3, 0.4) is 0 Å². The zero-order valence-corrected chi connectivity index (χ0v) is 11.8. The lowest BCUT2D eigenvalue weighted by Crippen LogP contribution is -2.23. The zero-order valence-electron chi connectivity index (χ0n) is 11.8. The molecule has 0 amide bonds. The summed E-state index contributed by atoms with van der Waals surface area (Å²) in [7, 11) is 1.60. The molecule has 0 aliphatic carbocycles. The molecule has 4 heteroatoms. The summed E-state index contributed by atoms with van der Waals surface area (Å²) in [5.74, 6) is 0.394. The largest absolute Gasteiger partial charge is 0.481 e. The van der Waals surface area contributed by atoms with Gasteiger partial charge in [-0.05, 0) is 36.2 Å². The molecule has 20 heavy (non-hydrogen) atoms.